The second kappa shape index (κ2) is 11.7. The fourth-order valence-corrected chi connectivity index (χ4v) is 7.93. The molecule has 10 heteroatoms. The lowest BCUT2D eigenvalue weighted by molar-refractivity contribution is 0.211. The second-order valence-corrected chi connectivity index (χ2v) is 13.7. The van der Waals surface area contributed by atoms with Crippen molar-refractivity contribution in [3.8, 4) is 11.5 Å². The number of benzene rings is 2. The van der Waals surface area contributed by atoms with E-state index >= 15 is 0 Å². The van der Waals surface area contributed by atoms with Gasteiger partial charge in [0.15, 0.2) is 0 Å². The monoisotopic (exact) mass is 552 g/mol. The Morgan fingerprint density at radius 1 is 0.784 bits per heavy atom. The summed E-state index contributed by atoms with van der Waals surface area (Å²) in [7, 11) is -7.84. The van der Waals surface area contributed by atoms with E-state index in [1.165, 1.54) is 8.61 Å². The summed E-state index contributed by atoms with van der Waals surface area (Å²) in [5, 5.41) is 0. The molecule has 0 aromatic heterocycles. The zero-order chi connectivity index (χ0) is 27.5. The van der Waals surface area contributed by atoms with Crippen LogP contribution in [0, 0.1) is 0 Å². The first-order valence-corrected chi connectivity index (χ1v) is 15.8. The van der Waals surface area contributed by atoms with Crippen LogP contribution in [-0.4, -0.2) is 64.3 Å². The minimum atomic E-state index is -3.93. The molecule has 0 amide bonds. The molecule has 37 heavy (non-hydrogen) atoms. The van der Waals surface area contributed by atoms with Crippen molar-refractivity contribution in [2.45, 2.75) is 76.1 Å². The van der Waals surface area contributed by atoms with Gasteiger partial charge in [-0.3, -0.25) is 0 Å². The Labute approximate surface area is 222 Å². The molecule has 1 saturated heterocycles. The minimum absolute atomic E-state index is 0.0346. The van der Waals surface area contributed by atoms with E-state index in [2.05, 4.69) is 0 Å². The van der Waals surface area contributed by atoms with Gasteiger partial charge in [-0.1, -0.05) is 39.8 Å². The van der Waals surface area contributed by atoms with Gasteiger partial charge in [-0.25, -0.2) is 16.8 Å². The van der Waals surface area contributed by atoms with Crippen LogP contribution >= 0.6 is 0 Å². The molecule has 8 nitrogen and oxygen atoms in total. The number of piperazine rings is 1. The average Bonchev–Trinajstić information content (AvgIpc) is 2.84. The first-order valence-electron chi connectivity index (χ1n) is 12.9. The van der Waals surface area contributed by atoms with E-state index in [0.717, 1.165) is 11.1 Å². The van der Waals surface area contributed by atoms with E-state index in [4.69, 9.17) is 9.47 Å². The molecule has 3 rings (SSSR count). The maximum Gasteiger partial charge on any atom is 0.247 e. The summed E-state index contributed by atoms with van der Waals surface area (Å²) < 4.78 is 69.2. The average molecular weight is 553 g/mol. The van der Waals surface area contributed by atoms with Gasteiger partial charge in [0, 0.05) is 25.7 Å². The highest BCUT2D eigenvalue weighted by molar-refractivity contribution is 7.89. The van der Waals surface area contributed by atoms with Crippen LogP contribution < -0.4 is 9.47 Å². The van der Waals surface area contributed by atoms with Gasteiger partial charge in [0.2, 0.25) is 20.0 Å². The second-order valence-electron chi connectivity index (χ2n) is 9.92. The van der Waals surface area contributed by atoms with E-state index < -0.39 is 26.1 Å². The zero-order valence-corrected chi connectivity index (χ0v) is 24.5. The minimum Gasteiger partial charge on any atom is -0.492 e. The summed E-state index contributed by atoms with van der Waals surface area (Å²) in [6.45, 7) is 14.1. The quantitative estimate of drug-likeness (QED) is 0.420. The summed E-state index contributed by atoms with van der Waals surface area (Å²) >= 11 is 0. The molecular formula is C27H40N2O6S2. The van der Waals surface area contributed by atoms with Crippen LogP contribution in [0.4, 0.5) is 0 Å². The van der Waals surface area contributed by atoms with Crippen molar-refractivity contribution in [2.24, 2.45) is 0 Å². The smallest absolute Gasteiger partial charge is 0.247 e. The number of hydrogen-bond donors (Lipinski definition) is 0. The Bertz CT molecular complexity index is 1310. The highest BCUT2D eigenvalue weighted by Crippen LogP contribution is 2.35. The standard InChI is InChI=1S/C27H40N2O6S2/c1-8-34-24-12-10-22(19(3)4)16-26(24)36(30,31)28-14-15-29(21(7)18-28)37(32,33)27-17-23(20(5)6)11-13-25(27)35-9-2/h10-13,16-17,19-21H,8-9,14-15,18H2,1-7H3. The topological polar surface area (TPSA) is 93.2 Å². The molecule has 1 atom stereocenters. The van der Waals surface area contributed by atoms with Gasteiger partial charge in [-0.15, -0.1) is 0 Å². The van der Waals surface area contributed by atoms with Crippen molar-refractivity contribution in [1.29, 1.82) is 0 Å². The van der Waals surface area contributed by atoms with E-state index in [1.54, 1.807) is 31.2 Å². The fourth-order valence-electron chi connectivity index (χ4n) is 4.47. The van der Waals surface area contributed by atoms with Crippen molar-refractivity contribution in [1.82, 2.24) is 8.61 Å². The van der Waals surface area contributed by atoms with E-state index in [-0.39, 0.29) is 41.3 Å². The lowest BCUT2D eigenvalue weighted by atomic mass is 10.0. The Morgan fingerprint density at radius 2 is 1.24 bits per heavy atom. The number of hydrogen-bond acceptors (Lipinski definition) is 6. The van der Waals surface area contributed by atoms with Crippen LogP contribution in [-0.2, 0) is 20.0 Å². The van der Waals surface area contributed by atoms with Crippen LogP contribution in [0.1, 0.15) is 71.4 Å². The molecule has 0 aliphatic carbocycles. The van der Waals surface area contributed by atoms with Crippen LogP contribution in [0.3, 0.4) is 0 Å². The molecule has 1 aliphatic rings. The van der Waals surface area contributed by atoms with Crippen LogP contribution in [0.15, 0.2) is 46.2 Å². The summed E-state index contributed by atoms with van der Waals surface area (Å²) in [4.78, 5) is 0.235. The predicted octanol–water partition coefficient (Wildman–Crippen LogP) is 4.81. The van der Waals surface area contributed by atoms with Gasteiger partial charge in [0.1, 0.15) is 21.3 Å². The van der Waals surface area contributed by atoms with Crippen molar-refractivity contribution in [2.75, 3.05) is 32.8 Å². The van der Waals surface area contributed by atoms with E-state index in [1.807, 2.05) is 53.7 Å². The lowest BCUT2D eigenvalue weighted by Crippen LogP contribution is -2.55. The molecule has 1 fully saturated rings. The highest BCUT2D eigenvalue weighted by Gasteiger charge is 2.40. The molecule has 0 saturated carbocycles. The van der Waals surface area contributed by atoms with Crippen molar-refractivity contribution < 1.29 is 26.3 Å². The molecule has 0 bridgehead atoms. The van der Waals surface area contributed by atoms with E-state index in [0.29, 0.717) is 24.7 Å². The molecule has 1 heterocycles. The summed E-state index contributed by atoms with van der Waals surface area (Å²) in [6.07, 6.45) is 0. The van der Waals surface area contributed by atoms with Crippen molar-refractivity contribution in [3.05, 3.63) is 47.5 Å². The first-order chi connectivity index (χ1) is 17.3. The van der Waals surface area contributed by atoms with Crippen molar-refractivity contribution >= 4 is 20.0 Å². The molecule has 1 unspecified atom stereocenters. The Kier molecular flexibility index (Phi) is 9.32. The molecule has 0 N–H and O–H groups in total. The largest absolute Gasteiger partial charge is 0.492 e. The van der Waals surface area contributed by atoms with Gasteiger partial charge < -0.3 is 9.47 Å². The Morgan fingerprint density at radius 3 is 1.65 bits per heavy atom. The third kappa shape index (κ3) is 6.13. The summed E-state index contributed by atoms with van der Waals surface area (Å²) in [6, 6.07) is 9.93. The maximum atomic E-state index is 13.8. The molecule has 2 aromatic carbocycles. The number of nitrogens with zero attached hydrogens (tertiary/aromatic N) is 2. The number of ether oxygens (including phenoxy) is 2. The maximum absolute atomic E-state index is 13.8. The predicted molar refractivity (Wildman–Crippen MR) is 146 cm³/mol. The third-order valence-electron chi connectivity index (χ3n) is 6.60. The van der Waals surface area contributed by atoms with Gasteiger partial charge in [-0.05, 0) is 68.0 Å². The zero-order valence-electron chi connectivity index (χ0n) is 22.9. The van der Waals surface area contributed by atoms with Crippen LogP contribution in [0.2, 0.25) is 0 Å². The normalized spacial score (nSPS) is 17.9. The number of sulfonamides is 2. The summed E-state index contributed by atoms with van der Waals surface area (Å²) in [5.74, 6) is 0.902. The van der Waals surface area contributed by atoms with Crippen molar-refractivity contribution in [3.63, 3.8) is 0 Å². The number of rotatable bonds is 10. The van der Waals surface area contributed by atoms with Gasteiger partial charge >= 0.3 is 0 Å². The highest BCUT2D eigenvalue weighted by atomic mass is 32.2. The molecule has 0 radical (unpaired) electrons. The van der Waals surface area contributed by atoms with Crippen LogP contribution in [0.5, 0.6) is 11.5 Å². The first kappa shape index (κ1) is 29.4. The molecule has 1 aliphatic heterocycles. The Balaban J connectivity index is 1.94. The van der Waals surface area contributed by atoms with Gasteiger partial charge in [0.25, 0.3) is 0 Å². The molecular weight excluding hydrogens is 512 g/mol. The molecule has 2 aromatic rings. The molecule has 0 spiro atoms. The summed E-state index contributed by atoms with van der Waals surface area (Å²) in [5.41, 5.74) is 1.79. The Hall–Kier alpha value is -2.14. The lowest BCUT2D eigenvalue weighted by Gasteiger charge is -2.38. The van der Waals surface area contributed by atoms with Gasteiger partial charge in [-0.2, -0.15) is 8.61 Å². The molecule has 206 valence electrons. The third-order valence-corrected chi connectivity index (χ3v) is 10.5. The SMILES string of the molecule is CCOc1ccc(C(C)C)cc1S(=O)(=O)N1CCN(S(=O)(=O)c2cc(C(C)C)ccc2OCC)C(C)C1. The van der Waals surface area contributed by atoms with Gasteiger partial charge in [0.05, 0.1) is 13.2 Å². The van der Waals surface area contributed by atoms with E-state index in [9.17, 15) is 16.8 Å². The van der Waals surface area contributed by atoms with Crippen LogP contribution in [0.25, 0.3) is 0 Å². The fraction of sp³-hybridized carbons (Fsp3) is 0.556.